The molecule has 0 radical (unpaired) electrons. The van der Waals surface area contributed by atoms with Crippen LogP contribution in [0.1, 0.15) is 53.9 Å². The minimum atomic E-state index is -0.713. The average Bonchev–Trinajstić information content (AvgIpc) is 2.09. The first kappa shape index (κ1) is 14.4. The van der Waals surface area contributed by atoms with Crippen LogP contribution in [0.3, 0.4) is 0 Å². The summed E-state index contributed by atoms with van der Waals surface area (Å²) in [7, 11) is 0. The Labute approximate surface area is 93.5 Å². The zero-order valence-corrected chi connectivity index (χ0v) is 10.7. The molecule has 1 N–H and O–H groups in total. The first-order valence-electron chi connectivity index (χ1n) is 5.81. The Morgan fingerprint density at radius 3 is 2.00 bits per heavy atom. The molecule has 0 amide bonds. The lowest BCUT2D eigenvalue weighted by Crippen LogP contribution is -2.48. The lowest BCUT2D eigenvalue weighted by Gasteiger charge is -2.41. The Balaban J connectivity index is 4.50. The van der Waals surface area contributed by atoms with E-state index in [1.165, 1.54) is 0 Å². The van der Waals surface area contributed by atoms with Crippen LogP contribution >= 0.6 is 0 Å². The number of carboxylic acid groups (broad SMARTS) is 1. The lowest BCUT2D eigenvalue weighted by atomic mass is 9.99. The molecular formula is C12H25NO2. The molecule has 3 nitrogen and oxygen atoms in total. The van der Waals surface area contributed by atoms with Crippen LogP contribution in [0.15, 0.2) is 0 Å². The lowest BCUT2D eigenvalue weighted by molar-refractivity contribution is -0.137. The number of hydrogen-bond acceptors (Lipinski definition) is 2. The summed E-state index contributed by atoms with van der Waals surface area (Å²) in [5.74, 6) is -0.713. The van der Waals surface area contributed by atoms with Crippen molar-refractivity contribution in [2.75, 3.05) is 6.54 Å². The van der Waals surface area contributed by atoms with Crippen molar-refractivity contribution in [3.05, 3.63) is 0 Å². The van der Waals surface area contributed by atoms with Gasteiger partial charge in [-0.1, -0.05) is 13.8 Å². The van der Waals surface area contributed by atoms with Crippen LogP contribution in [0.5, 0.6) is 0 Å². The first-order chi connectivity index (χ1) is 6.82. The van der Waals surface area contributed by atoms with Gasteiger partial charge in [-0.15, -0.1) is 0 Å². The van der Waals surface area contributed by atoms with E-state index in [2.05, 4.69) is 39.5 Å². The first-order valence-corrected chi connectivity index (χ1v) is 5.81. The van der Waals surface area contributed by atoms with E-state index >= 15 is 0 Å². The predicted octanol–water partition coefficient (Wildman–Crippen LogP) is 2.75. The third kappa shape index (κ3) is 5.17. The quantitative estimate of drug-likeness (QED) is 0.740. The number of carbonyl (C=O) groups is 1. The topological polar surface area (TPSA) is 40.5 Å². The molecule has 0 spiro atoms. The van der Waals surface area contributed by atoms with Crippen LogP contribution in [0.2, 0.25) is 0 Å². The molecule has 0 aromatic carbocycles. The Hall–Kier alpha value is -0.570. The van der Waals surface area contributed by atoms with Gasteiger partial charge in [0.25, 0.3) is 0 Å². The summed E-state index contributed by atoms with van der Waals surface area (Å²) >= 11 is 0. The van der Waals surface area contributed by atoms with Gasteiger partial charge in [-0.3, -0.25) is 9.69 Å². The number of aliphatic carboxylic acids is 1. The monoisotopic (exact) mass is 215 g/mol. The van der Waals surface area contributed by atoms with E-state index in [9.17, 15) is 4.79 Å². The molecule has 15 heavy (non-hydrogen) atoms. The van der Waals surface area contributed by atoms with Crippen LogP contribution in [-0.2, 0) is 4.79 Å². The van der Waals surface area contributed by atoms with Gasteiger partial charge in [0.15, 0.2) is 0 Å². The normalized spacial score (nSPS) is 12.5. The van der Waals surface area contributed by atoms with Crippen LogP contribution in [-0.4, -0.2) is 34.1 Å². The van der Waals surface area contributed by atoms with Crippen molar-refractivity contribution in [3.63, 3.8) is 0 Å². The van der Waals surface area contributed by atoms with E-state index in [1.807, 2.05) is 0 Å². The van der Waals surface area contributed by atoms with Gasteiger partial charge in [0.05, 0.1) is 6.42 Å². The van der Waals surface area contributed by atoms with Crippen LogP contribution in [0.25, 0.3) is 0 Å². The SMILES string of the molecule is CCC(CC)N(CCC(=O)O)C(C)(C)C. The molecule has 0 unspecified atom stereocenters. The van der Waals surface area contributed by atoms with E-state index in [4.69, 9.17) is 5.11 Å². The van der Waals surface area contributed by atoms with Gasteiger partial charge in [-0.2, -0.15) is 0 Å². The summed E-state index contributed by atoms with van der Waals surface area (Å²) in [6.45, 7) is 11.4. The highest BCUT2D eigenvalue weighted by atomic mass is 16.4. The Morgan fingerprint density at radius 2 is 1.73 bits per heavy atom. The second-order valence-electron chi connectivity index (χ2n) is 4.98. The van der Waals surface area contributed by atoms with Gasteiger partial charge < -0.3 is 5.11 Å². The molecule has 0 rings (SSSR count). The second-order valence-corrected chi connectivity index (χ2v) is 4.98. The summed E-state index contributed by atoms with van der Waals surface area (Å²) < 4.78 is 0. The molecule has 0 heterocycles. The van der Waals surface area contributed by atoms with Crippen molar-refractivity contribution in [1.82, 2.24) is 4.90 Å². The molecule has 0 bridgehead atoms. The molecule has 0 atom stereocenters. The Kier molecular flexibility index (Phi) is 5.88. The van der Waals surface area contributed by atoms with Crippen LogP contribution < -0.4 is 0 Å². The maximum Gasteiger partial charge on any atom is 0.304 e. The van der Waals surface area contributed by atoms with Gasteiger partial charge in [-0.05, 0) is 33.6 Å². The molecule has 0 fully saturated rings. The third-order valence-corrected chi connectivity index (χ3v) is 2.81. The van der Waals surface area contributed by atoms with Gasteiger partial charge >= 0.3 is 5.97 Å². The van der Waals surface area contributed by atoms with Crippen molar-refractivity contribution >= 4 is 5.97 Å². The average molecular weight is 215 g/mol. The van der Waals surface area contributed by atoms with Gasteiger partial charge in [0, 0.05) is 18.1 Å². The van der Waals surface area contributed by atoms with Crippen molar-refractivity contribution in [2.45, 2.75) is 65.5 Å². The highest BCUT2D eigenvalue weighted by Gasteiger charge is 2.26. The molecule has 0 aliphatic rings. The predicted molar refractivity (Wildman–Crippen MR) is 63.1 cm³/mol. The largest absolute Gasteiger partial charge is 0.481 e. The maximum atomic E-state index is 10.6. The number of rotatable bonds is 6. The van der Waals surface area contributed by atoms with E-state index in [0.29, 0.717) is 12.6 Å². The maximum absolute atomic E-state index is 10.6. The number of nitrogens with zero attached hydrogens (tertiary/aromatic N) is 1. The fourth-order valence-corrected chi connectivity index (χ4v) is 2.01. The molecule has 0 aliphatic carbocycles. The smallest absolute Gasteiger partial charge is 0.304 e. The molecule has 0 aromatic heterocycles. The van der Waals surface area contributed by atoms with E-state index in [1.54, 1.807) is 0 Å². The zero-order chi connectivity index (χ0) is 12.1. The molecule has 90 valence electrons. The van der Waals surface area contributed by atoms with Gasteiger partial charge in [0.2, 0.25) is 0 Å². The van der Waals surface area contributed by atoms with Gasteiger partial charge in [-0.25, -0.2) is 0 Å². The summed E-state index contributed by atoms with van der Waals surface area (Å²) in [6.07, 6.45) is 2.38. The zero-order valence-electron chi connectivity index (χ0n) is 10.7. The van der Waals surface area contributed by atoms with Crippen LogP contribution in [0.4, 0.5) is 0 Å². The van der Waals surface area contributed by atoms with E-state index < -0.39 is 5.97 Å². The highest BCUT2D eigenvalue weighted by Crippen LogP contribution is 2.21. The molecule has 0 saturated carbocycles. The third-order valence-electron chi connectivity index (χ3n) is 2.81. The summed E-state index contributed by atoms with van der Waals surface area (Å²) in [5, 5.41) is 8.73. The minimum Gasteiger partial charge on any atom is -0.481 e. The number of carboxylic acids is 1. The fraction of sp³-hybridized carbons (Fsp3) is 0.917. The summed E-state index contributed by atoms with van der Waals surface area (Å²) in [4.78, 5) is 12.9. The second kappa shape index (κ2) is 6.11. The van der Waals surface area contributed by atoms with Gasteiger partial charge in [0.1, 0.15) is 0 Å². The van der Waals surface area contributed by atoms with Crippen molar-refractivity contribution in [2.24, 2.45) is 0 Å². The minimum absolute atomic E-state index is 0.0478. The fourth-order valence-electron chi connectivity index (χ4n) is 2.01. The molecule has 0 aliphatic heterocycles. The molecule has 3 heteroatoms. The summed E-state index contributed by atoms with van der Waals surface area (Å²) in [6, 6.07) is 0.490. The summed E-state index contributed by atoms with van der Waals surface area (Å²) in [5.41, 5.74) is 0.0478. The Bertz CT molecular complexity index is 192. The van der Waals surface area contributed by atoms with Crippen LogP contribution in [0, 0.1) is 0 Å². The van der Waals surface area contributed by atoms with Crippen molar-refractivity contribution < 1.29 is 9.90 Å². The number of hydrogen-bond donors (Lipinski definition) is 1. The standard InChI is InChI=1S/C12H25NO2/c1-6-10(7-2)13(12(3,4)5)9-8-11(14)15/h10H,6-9H2,1-5H3,(H,14,15). The molecular weight excluding hydrogens is 190 g/mol. The van der Waals surface area contributed by atoms with Crippen molar-refractivity contribution in [1.29, 1.82) is 0 Å². The molecule has 0 aromatic rings. The Morgan fingerprint density at radius 1 is 1.27 bits per heavy atom. The molecule has 0 saturated heterocycles. The highest BCUT2D eigenvalue weighted by molar-refractivity contribution is 5.66. The van der Waals surface area contributed by atoms with Crippen molar-refractivity contribution in [3.8, 4) is 0 Å². The van der Waals surface area contributed by atoms with E-state index in [0.717, 1.165) is 12.8 Å². The van der Waals surface area contributed by atoms with E-state index in [-0.39, 0.29) is 12.0 Å².